The van der Waals surface area contributed by atoms with Crippen LogP contribution in [0.4, 0.5) is 0 Å². The van der Waals surface area contributed by atoms with E-state index in [0.29, 0.717) is 37.5 Å². The Labute approximate surface area is 171 Å². The van der Waals surface area contributed by atoms with Gasteiger partial charge >= 0.3 is 0 Å². The molecular formula is C21H29ClN2O4. The molecule has 0 saturated heterocycles. The first kappa shape index (κ1) is 22.1. The Balaban J connectivity index is 1.99. The second kappa shape index (κ2) is 11.0. The number of nitrogens with zero attached hydrogens (tertiary/aromatic N) is 1. The topological polar surface area (TPSA) is 73.6 Å². The molecule has 1 heterocycles. The lowest BCUT2D eigenvalue weighted by Crippen LogP contribution is -2.26. The van der Waals surface area contributed by atoms with Crippen LogP contribution in [0.25, 0.3) is 0 Å². The molecule has 1 aromatic carbocycles. The molecule has 28 heavy (non-hydrogen) atoms. The number of halogens is 1. The quantitative estimate of drug-likeness (QED) is 0.564. The Kier molecular flexibility index (Phi) is 8.64. The van der Waals surface area contributed by atoms with Crippen molar-refractivity contribution in [2.75, 3.05) is 13.2 Å². The molecule has 1 amide bonds. The van der Waals surface area contributed by atoms with Gasteiger partial charge in [0.1, 0.15) is 0 Å². The van der Waals surface area contributed by atoms with E-state index in [9.17, 15) is 4.79 Å². The SMILES string of the molecule is CCCOc1ccc(C(C)NC(=O)CCc2c(C)noc2Cl)cc1OCCC. The number of aryl methyl sites for hydroxylation is 1. The van der Waals surface area contributed by atoms with Gasteiger partial charge in [-0.25, -0.2) is 0 Å². The highest BCUT2D eigenvalue weighted by Crippen LogP contribution is 2.31. The van der Waals surface area contributed by atoms with Crippen LogP contribution in [-0.4, -0.2) is 24.3 Å². The molecule has 1 atom stereocenters. The maximum absolute atomic E-state index is 12.3. The van der Waals surface area contributed by atoms with Crippen LogP contribution >= 0.6 is 11.6 Å². The average Bonchev–Trinajstić information content (AvgIpc) is 3.00. The Morgan fingerprint density at radius 1 is 1.21 bits per heavy atom. The van der Waals surface area contributed by atoms with Gasteiger partial charge in [0.25, 0.3) is 0 Å². The molecule has 154 valence electrons. The molecule has 1 aromatic heterocycles. The van der Waals surface area contributed by atoms with Crippen molar-refractivity contribution >= 4 is 17.5 Å². The molecule has 2 aromatic rings. The molecule has 6 nitrogen and oxygen atoms in total. The third-order valence-electron chi connectivity index (χ3n) is 4.31. The summed E-state index contributed by atoms with van der Waals surface area (Å²) in [5.74, 6) is 1.38. The lowest BCUT2D eigenvalue weighted by Gasteiger charge is -2.18. The number of hydrogen-bond donors (Lipinski definition) is 1. The maximum atomic E-state index is 12.3. The predicted octanol–water partition coefficient (Wildman–Crippen LogP) is 5.02. The van der Waals surface area contributed by atoms with Crippen molar-refractivity contribution < 1.29 is 18.8 Å². The summed E-state index contributed by atoms with van der Waals surface area (Å²) in [6.07, 6.45) is 2.63. The van der Waals surface area contributed by atoms with E-state index >= 15 is 0 Å². The number of carbonyl (C=O) groups excluding carboxylic acids is 1. The summed E-state index contributed by atoms with van der Waals surface area (Å²) in [6.45, 7) is 9.13. The smallest absolute Gasteiger partial charge is 0.229 e. The van der Waals surface area contributed by atoms with Crippen LogP contribution in [-0.2, 0) is 11.2 Å². The Hall–Kier alpha value is -2.21. The highest BCUT2D eigenvalue weighted by molar-refractivity contribution is 6.29. The first-order valence-electron chi connectivity index (χ1n) is 9.75. The van der Waals surface area contributed by atoms with Crippen molar-refractivity contribution in [3.05, 3.63) is 40.2 Å². The predicted molar refractivity (Wildman–Crippen MR) is 109 cm³/mol. The zero-order valence-corrected chi connectivity index (χ0v) is 17.8. The van der Waals surface area contributed by atoms with E-state index in [2.05, 4.69) is 24.3 Å². The van der Waals surface area contributed by atoms with E-state index in [0.717, 1.165) is 29.7 Å². The molecule has 2 rings (SSSR count). The number of amides is 1. The number of rotatable bonds is 11. The lowest BCUT2D eigenvalue weighted by molar-refractivity contribution is -0.121. The van der Waals surface area contributed by atoms with E-state index in [-0.39, 0.29) is 17.2 Å². The van der Waals surface area contributed by atoms with Gasteiger partial charge in [-0.2, -0.15) is 0 Å². The Morgan fingerprint density at radius 3 is 2.50 bits per heavy atom. The number of benzene rings is 1. The van der Waals surface area contributed by atoms with Gasteiger partial charge in [0, 0.05) is 12.0 Å². The van der Waals surface area contributed by atoms with Gasteiger partial charge in [-0.05, 0) is 62.4 Å². The highest BCUT2D eigenvalue weighted by atomic mass is 35.5. The largest absolute Gasteiger partial charge is 0.490 e. The van der Waals surface area contributed by atoms with Gasteiger partial charge in [-0.3, -0.25) is 4.79 Å². The van der Waals surface area contributed by atoms with E-state index in [1.54, 1.807) is 0 Å². The fourth-order valence-corrected chi connectivity index (χ4v) is 2.99. The molecule has 0 spiro atoms. The molecule has 0 bridgehead atoms. The summed E-state index contributed by atoms with van der Waals surface area (Å²) >= 11 is 5.95. The van der Waals surface area contributed by atoms with Crippen LogP contribution in [0.3, 0.4) is 0 Å². The van der Waals surface area contributed by atoms with Gasteiger partial charge in [0.05, 0.1) is 24.9 Å². The molecule has 0 aliphatic carbocycles. The minimum Gasteiger partial charge on any atom is -0.490 e. The van der Waals surface area contributed by atoms with Crippen LogP contribution in [0.15, 0.2) is 22.7 Å². The second-order valence-electron chi connectivity index (χ2n) is 6.71. The van der Waals surface area contributed by atoms with Crippen molar-refractivity contribution in [3.8, 4) is 11.5 Å². The molecule has 0 aliphatic rings. The first-order chi connectivity index (χ1) is 13.5. The zero-order valence-electron chi connectivity index (χ0n) is 17.0. The van der Waals surface area contributed by atoms with Crippen LogP contribution in [0.1, 0.15) is 62.9 Å². The normalized spacial score (nSPS) is 11.9. The maximum Gasteiger partial charge on any atom is 0.229 e. The van der Waals surface area contributed by atoms with Crippen molar-refractivity contribution in [1.29, 1.82) is 0 Å². The fourth-order valence-electron chi connectivity index (χ4n) is 2.73. The summed E-state index contributed by atoms with van der Waals surface area (Å²) in [7, 11) is 0. The van der Waals surface area contributed by atoms with E-state index in [1.807, 2.05) is 32.0 Å². The third kappa shape index (κ3) is 6.16. The summed E-state index contributed by atoms with van der Waals surface area (Å²) in [5.41, 5.74) is 2.45. The number of hydrogen-bond acceptors (Lipinski definition) is 5. The van der Waals surface area contributed by atoms with Crippen LogP contribution in [0.2, 0.25) is 5.22 Å². The second-order valence-corrected chi connectivity index (χ2v) is 7.06. The van der Waals surface area contributed by atoms with Gasteiger partial charge in [0.2, 0.25) is 11.1 Å². The molecular weight excluding hydrogens is 380 g/mol. The molecule has 0 radical (unpaired) electrons. The van der Waals surface area contributed by atoms with Gasteiger partial charge in [-0.1, -0.05) is 25.1 Å². The van der Waals surface area contributed by atoms with Gasteiger partial charge in [0.15, 0.2) is 11.5 Å². The Bertz CT molecular complexity index is 756. The standard InChI is InChI=1S/C21H29ClN2O4/c1-5-11-26-18-9-7-16(13-19(18)27-12-6-2)14(3)23-20(25)10-8-17-15(4)24-28-21(17)22/h7,9,13-14H,5-6,8,10-12H2,1-4H3,(H,23,25). The zero-order chi connectivity index (χ0) is 20.5. The first-order valence-corrected chi connectivity index (χ1v) is 10.1. The van der Waals surface area contributed by atoms with Crippen molar-refractivity contribution in [1.82, 2.24) is 10.5 Å². The number of nitrogens with one attached hydrogen (secondary N) is 1. The summed E-state index contributed by atoms with van der Waals surface area (Å²) in [5, 5.41) is 7.06. The number of aromatic nitrogens is 1. The van der Waals surface area contributed by atoms with Crippen LogP contribution in [0.5, 0.6) is 11.5 Å². The highest BCUT2D eigenvalue weighted by Gasteiger charge is 2.16. The minimum atomic E-state index is -0.157. The number of ether oxygens (including phenoxy) is 2. The average molecular weight is 409 g/mol. The fraction of sp³-hybridized carbons (Fsp3) is 0.524. The van der Waals surface area contributed by atoms with E-state index in [4.69, 9.17) is 25.6 Å². The molecule has 0 fully saturated rings. The van der Waals surface area contributed by atoms with Crippen LogP contribution < -0.4 is 14.8 Å². The molecule has 7 heteroatoms. The van der Waals surface area contributed by atoms with Crippen molar-refractivity contribution in [3.63, 3.8) is 0 Å². The van der Waals surface area contributed by atoms with Gasteiger partial charge in [-0.15, -0.1) is 0 Å². The van der Waals surface area contributed by atoms with Crippen molar-refractivity contribution in [2.45, 2.75) is 59.4 Å². The Morgan fingerprint density at radius 2 is 1.89 bits per heavy atom. The summed E-state index contributed by atoms with van der Waals surface area (Å²) < 4.78 is 16.5. The molecule has 1 N–H and O–H groups in total. The molecule has 0 saturated carbocycles. The monoisotopic (exact) mass is 408 g/mol. The minimum absolute atomic E-state index is 0.0634. The molecule has 1 unspecified atom stereocenters. The van der Waals surface area contributed by atoms with Crippen molar-refractivity contribution in [2.24, 2.45) is 0 Å². The van der Waals surface area contributed by atoms with Crippen LogP contribution in [0, 0.1) is 6.92 Å². The lowest BCUT2D eigenvalue weighted by atomic mass is 10.1. The summed E-state index contributed by atoms with van der Waals surface area (Å²) in [6, 6.07) is 5.64. The summed E-state index contributed by atoms with van der Waals surface area (Å²) in [4.78, 5) is 12.3. The van der Waals surface area contributed by atoms with Gasteiger partial charge < -0.3 is 19.3 Å². The van der Waals surface area contributed by atoms with E-state index in [1.165, 1.54) is 0 Å². The third-order valence-corrected chi connectivity index (χ3v) is 4.60. The number of carbonyl (C=O) groups is 1. The molecule has 0 aliphatic heterocycles. The van der Waals surface area contributed by atoms with E-state index < -0.39 is 0 Å².